The average molecular weight is 606 g/mol. The summed E-state index contributed by atoms with van der Waals surface area (Å²) in [4.78, 5) is 7.06. The number of fused-ring (bicyclic) bond motifs is 6. The van der Waals surface area contributed by atoms with Gasteiger partial charge < -0.3 is 0 Å². The minimum absolute atomic E-state index is 0.0503. The summed E-state index contributed by atoms with van der Waals surface area (Å²) in [6.07, 6.45) is 4.09. The topological polar surface area (TPSA) is 64.2 Å². The summed E-state index contributed by atoms with van der Waals surface area (Å²) in [5.74, 6) is 1.01. The number of nitrogens with zero attached hydrogens (tertiary/aromatic N) is 2. The van der Waals surface area contributed by atoms with Gasteiger partial charge in [-0.15, -0.1) is 0 Å². The highest BCUT2D eigenvalue weighted by Crippen LogP contribution is 2.41. The van der Waals surface area contributed by atoms with Crippen molar-refractivity contribution in [1.29, 1.82) is 0 Å². The third-order valence-electron chi connectivity index (χ3n) is 8.55. The van der Waals surface area contributed by atoms with E-state index in [1.54, 1.807) is 18.0 Å². The number of alkyl halides is 4. The monoisotopic (exact) mass is 604 g/mol. The second kappa shape index (κ2) is 11.6. The lowest BCUT2D eigenvalue weighted by Gasteiger charge is -2.46. The quantitative estimate of drug-likeness (QED) is 0.196. The Morgan fingerprint density at radius 1 is 1.05 bits per heavy atom. The van der Waals surface area contributed by atoms with Crippen molar-refractivity contribution in [2.24, 2.45) is 11.8 Å². The van der Waals surface area contributed by atoms with Gasteiger partial charge in [-0.2, -0.15) is 13.2 Å². The first-order chi connectivity index (χ1) is 17.6. The van der Waals surface area contributed by atoms with E-state index in [-0.39, 0.29) is 23.1 Å². The standard InChI is InChI=1S/C26H40BrF3N6S/c1-25(2)13-16-9-11-19(18-5-3-6-20(32-18)26(28,29)30)33-22-7-4-8-23(35-22)37-31-14-17-10-12-21(27)34-24(17)36(25)15-16/h3,5-6,16-17,19,21-24,31,33-35H,4,7-15H2,1-2H3/t16-,17?,19+,21?,22?,23?,24?/m0/s1. The van der Waals surface area contributed by atoms with Crippen LogP contribution in [0.5, 0.6) is 0 Å². The second-order valence-electron chi connectivity index (χ2n) is 11.8. The van der Waals surface area contributed by atoms with Crippen molar-refractivity contribution < 1.29 is 13.2 Å². The van der Waals surface area contributed by atoms with Gasteiger partial charge in [0.2, 0.25) is 0 Å². The van der Waals surface area contributed by atoms with Gasteiger partial charge in [0.1, 0.15) is 5.69 Å². The van der Waals surface area contributed by atoms with Crippen molar-refractivity contribution in [2.75, 3.05) is 13.1 Å². The van der Waals surface area contributed by atoms with Crippen LogP contribution in [-0.2, 0) is 6.18 Å². The van der Waals surface area contributed by atoms with Crippen LogP contribution in [0.3, 0.4) is 0 Å². The van der Waals surface area contributed by atoms with Crippen LogP contribution in [0.1, 0.15) is 82.6 Å². The van der Waals surface area contributed by atoms with Crippen molar-refractivity contribution >= 4 is 27.9 Å². The molecular weight excluding hydrogens is 565 g/mol. The van der Waals surface area contributed by atoms with E-state index >= 15 is 0 Å². The Kier molecular flexibility index (Phi) is 8.80. The third-order valence-corrected chi connectivity index (χ3v) is 10.3. The fourth-order valence-corrected chi connectivity index (χ4v) is 8.29. The van der Waals surface area contributed by atoms with Gasteiger partial charge in [0, 0.05) is 24.5 Å². The van der Waals surface area contributed by atoms with Crippen LogP contribution >= 0.6 is 27.9 Å². The minimum atomic E-state index is -4.45. The van der Waals surface area contributed by atoms with Crippen molar-refractivity contribution in [2.45, 2.75) is 106 Å². The average Bonchev–Trinajstić information content (AvgIpc) is 3.15. The lowest BCUT2D eigenvalue weighted by molar-refractivity contribution is -0.141. The van der Waals surface area contributed by atoms with Crippen LogP contribution in [0.2, 0.25) is 0 Å². The molecule has 6 nitrogen and oxygen atoms in total. The zero-order valence-electron chi connectivity index (χ0n) is 21.7. The Hall–Kier alpha value is -0.430. The molecule has 0 amide bonds. The van der Waals surface area contributed by atoms with Gasteiger partial charge in [-0.05, 0) is 83.3 Å². The number of hydrogen-bond donors (Lipinski definition) is 4. The molecule has 0 aliphatic carbocycles. The van der Waals surface area contributed by atoms with Crippen LogP contribution < -0.4 is 20.7 Å². The highest BCUT2D eigenvalue weighted by atomic mass is 79.9. The summed E-state index contributed by atoms with van der Waals surface area (Å²) in [5, 5.41) is 11.5. The molecule has 11 heteroatoms. The van der Waals surface area contributed by atoms with Gasteiger partial charge in [0.15, 0.2) is 0 Å². The molecule has 0 radical (unpaired) electrons. The maximum Gasteiger partial charge on any atom is 0.433 e. The first-order valence-electron chi connectivity index (χ1n) is 13.7. The maximum atomic E-state index is 13.5. The van der Waals surface area contributed by atoms with E-state index in [4.69, 9.17) is 0 Å². The fourth-order valence-electron chi connectivity index (χ4n) is 6.72. The van der Waals surface area contributed by atoms with E-state index in [9.17, 15) is 13.2 Å². The lowest BCUT2D eigenvalue weighted by Crippen LogP contribution is -2.60. The highest BCUT2D eigenvalue weighted by Gasteiger charge is 2.46. The number of nitrogens with one attached hydrogen (secondary N) is 4. The SMILES string of the molecule is CC1(C)C[C@@H]2CC[C@H](c3cccc(C(F)(F)F)n3)NC3CCCC(N3)SNCC3CCC(Br)NC3N1C2. The molecule has 6 unspecified atom stereocenters. The molecule has 0 spiro atoms. The number of rotatable bonds is 1. The van der Waals surface area contributed by atoms with Crippen molar-refractivity contribution in [3.63, 3.8) is 0 Å². The number of hydrogen-bond acceptors (Lipinski definition) is 7. The molecule has 1 aromatic heterocycles. The van der Waals surface area contributed by atoms with Crippen LogP contribution in [-0.4, -0.2) is 51.2 Å². The Morgan fingerprint density at radius 2 is 1.89 bits per heavy atom. The first kappa shape index (κ1) is 28.1. The number of halogens is 4. The van der Waals surface area contributed by atoms with E-state index in [2.05, 4.69) is 60.3 Å². The first-order valence-corrected chi connectivity index (χ1v) is 15.5. The Bertz CT molecular complexity index is 921. The second-order valence-corrected chi connectivity index (χ2v) is 14.0. The molecule has 5 rings (SSSR count). The smallest absolute Gasteiger partial charge is 0.293 e. The van der Waals surface area contributed by atoms with Gasteiger partial charge >= 0.3 is 6.18 Å². The van der Waals surface area contributed by atoms with E-state index in [1.807, 2.05) is 0 Å². The zero-order chi connectivity index (χ0) is 26.2. The normalized spacial score (nSPS) is 39.3. The van der Waals surface area contributed by atoms with Crippen LogP contribution in [0.4, 0.5) is 13.2 Å². The van der Waals surface area contributed by atoms with Crippen molar-refractivity contribution in [1.82, 2.24) is 30.6 Å². The molecular formula is C26H40BrF3N6S. The van der Waals surface area contributed by atoms with Crippen molar-refractivity contribution in [3.05, 3.63) is 29.6 Å². The summed E-state index contributed by atoms with van der Waals surface area (Å²) in [6.45, 7) is 6.63. The summed E-state index contributed by atoms with van der Waals surface area (Å²) in [6, 6.07) is 4.07. The van der Waals surface area contributed by atoms with E-state index < -0.39 is 11.9 Å². The molecule has 37 heavy (non-hydrogen) atoms. The molecule has 0 saturated carbocycles. The van der Waals surface area contributed by atoms with Gasteiger partial charge in [-0.3, -0.25) is 25.6 Å². The Balaban J connectivity index is 1.41. The number of pyridine rings is 1. The largest absolute Gasteiger partial charge is 0.433 e. The Labute approximate surface area is 231 Å². The minimum Gasteiger partial charge on any atom is -0.293 e. The van der Waals surface area contributed by atoms with Gasteiger partial charge in [0.05, 0.1) is 34.4 Å². The predicted octanol–water partition coefficient (Wildman–Crippen LogP) is 5.34. The molecule has 4 fully saturated rings. The van der Waals surface area contributed by atoms with Gasteiger partial charge in [-0.1, -0.05) is 33.9 Å². The van der Waals surface area contributed by atoms with E-state index in [1.165, 1.54) is 12.5 Å². The fraction of sp³-hybridized carbons (Fsp3) is 0.808. The summed E-state index contributed by atoms with van der Waals surface area (Å²) >= 11 is 5.58. The lowest BCUT2D eigenvalue weighted by atomic mass is 9.90. The zero-order valence-corrected chi connectivity index (χ0v) is 24.1. The summed E-state index contributed by atoms with van der Waals surface area (Å²) < 4.78 is 44.1. The highest BCUT2D eigenvalue weighted by molar-refractivity contribution is 9.09. The van der Waals surface area contributed by atoms with Crippen LogP contribution in [0, 0.1) is 11.8 Å². The molecule has 1 aromatic rings. The maximum absolute atomic E-state index is 13.5. The van der Waals surface area contributed by atoms with Crippen molar-refractivity contribution in [3.8, 4) is 0 Å². The third kappa shape index (κ3) is 6.84. The van der Waals surface area contributed by atoms with E-state index in [0.717, 1.165) is 64.1 Å². The molecule has 5 heterocycles. The molecule has 4 bridgehead atoms. The summed E-state index contributed by atoms with van der Waals surface area (Å²) in [5.41, 5.74) is -0.271. The molecule has 4 aliphatic heterocycles. The molecule has 4 aliphatic rings. The molecule has 4 N–H and O–H groups in total. The molecule has 0 aromatic carbocycles. The van der Waals surface area contributed by atoms with Gasteiger partial charge in [-0.25, -0.2) is 4.98 Å². The summed E-state index contributed by atoms with van der Waals surface area (Å²) in [7, 11) is 0. The van der Waals surface area contributed by atoms with E-state index in [0.29, 0.717) is 28.6 Å². The molecule has 4 saturated heterocycles. The molecule has 208 valence electrons. The number of aromatic nitrogens is 1. The number of piperidine rings is 2. The van der Waals surface area contributed by atoms with Crippen LogP contribution in [0.15, 0.2) is 18.2 Å². The Morgan fingerprint density at radius 3 is 2.70 bits per heavy atom. The van der Waals surface area contributed by atoms with Gasteiger partial charge in [0.25, 0.3) is 0 Å². The molecule has 8 atom stereocenters. The van der Waals surface area contributed by atoms with Crippen LogP contribution in [0.25, 0.3) is 0 Å². The predicted molar refractivity (Wildman–Crippen MR) is 146 cm³/mol.